The van der Waals surface area contributed by atoms with E-state index in [9.17, 15) is 9.59 Å². The summed E-state index contributed by atoms with van der Waals surface area (Å²) in [5.41, 5.74) is 0.726. The molecule has 1 saturated carbocycles. The topological polar surface area (TPSA) is 82.9 Å². The highest BCUT2D eigenvalue weighted by Crippen LogP contribution is 2.51. The molecule has 35 heavy (non-hydrogen) atoms. The molecule has 0 radical (unpaired) electrons. The maximum absolute atomic E-state index is 13.2. The van der Waals surface area contributed by atoms with Crippen molar-refractivity contribution in [3.05, 3.63) is 24.0 Å². The molecule has 2 saturated heterocycles. The van der Waals surface area contributed by atoms with Crippen molar-refractivity contribution < 1.29 is 23.6 Å². The molecule has 2 bridgehead atoms. The van der Waals surface area contributed by atoms with E-state index in [4.69, 9.17) is 19.0 Å². The summed E-state index contributed by atoms with van der Waals surface area (Å²) in [6, 6.07) is 5.60. The molecule has 8 nitrogen and oxygen atoms in total. The first-order valence-corrected chi connectivity index (χ1v) is 12.6. The lowest BCUT2D eigenvalue weighted by Gasteiger charge is -2.36. The van der Waals surface area contributed by atoms with E-state index in [0.717, 1.165) is 24.7 Å². The number of aromatic nitrogens is 2. The second kappa shape index (κ2) is 7.81. The number of amides is 1. The van der Waals surface area contributed by atoms with Crippen LogP contribution in [0.5, 0.6) is 0 Å². The quantitative estimate of drug-likeness (QED) is 0.590. The summed E-state index contributed by atoms with van der Waals surface area (Å²) >= 11 is 0. The number of benzene rings is 1. The predicted molar refractivity (Wildman–Crippen MR) is 134 cm³/mol. The average Bonchev–Trinajstić information content (AvgIpc) is 3.46. The summed E-state index contributed by atoms with van der Waals surface area (Å²) in [5, 5.41) is 0. The number of ether oxygens (including phenoxy) is 1. The third-order valence-electron chi connectivity index (χ3n) is 8.00. The van der Waals surface area contributed by atoms with Crippen molar-refractivity contribution in [3.8, 4) is 0 Å². The first kappa shape index (κ1) is 24.3. The van der Waals surface area contributed by atoms with Crippen LogP contribution in [-0.4, -0.2) is 56.4 Å². The highest BCUT2D eigenvalue weighted by molar-refractivity contribution is 6.62. The monoisotopic (exact) mass is 481 g/mol. The molecule has 188 valence electrons. The van der Waals surface area contributed by atoms with E-state index >= 15 is 0 Å². The third kappa shape index (κ3) is 3.97. The van der Waals surface area contributed by atoms with Crippen LogP contribution in [-0.2, 0) is 14.0 Å². The van der Waals surface area contributed by atoms with Crippen molar-refractivity contribution in [1.82, 2.24) is 14.5 Å². The van der Waals surface area contributed by atoms with E-state index in [1.165, 1.54) is 6.92 Å². The second-order valence-electron chi connectivity index (χ2n) is 12.2. The lowest BCUT2D eigenvalue weighted by molar-refractivity contribution is 0.00571. The number of fused-ring (bicyclic) bond motifs is 3. The fourth-order valence-corrected chi connectivity index (χ4v) is 5.66. The molecule has 1 aromatic carbocycles. The summed E-state index contributed by atoms with van der Waals surface area (Å²) in [4.78, 5) is 32.9. The van der Waals surface area contributed by atoms with Crippen LogP contribution in [0.25, 0.3) is 11.0 Å². The number of nitrogens with zero attached hydrogens (tertiary/aromatic N) is 3. The standard InChI is InChI=1S/C26H36BN3O5/c1-15(31)29-20-14-17(27-34-25(5,6)26(7,8)35-27)10-12-19(20)28-22(29)21-16-9-11-18(13-16)30(21)23(32)33-24(2,3)4/h10,12,14,16,18,21H,9,11,13H2,1-8H3/t16-,18?,21-/m0/s1. The minimum atomic E-state index is -0.595. The molecule has 1 amide bonds. The molecule has 5 rings (SSSR count). The second-order valence-corrected chi connectivity index (χ2v) is 12.2. The predicted octanol–water partition coefficient (Wildman–Crippen LogP) is 4.46. The van der Waals surface area contributed by atoms with Gasteiger partial charge in [-0.25, -0.2) is 9.78 Å². The Hall–Kier alpha value is -2.39. The van der Waals surface area contributed by atoms with Gasteiger partial charge in [0.1, 0.15) is 11.4 Å². The van der Waals surface area contributed by atoms with Gasteiger partial charge in [-0.3, -0.25) is 14.3 Å². The maximum atomic E-state index is 13.2. The summed E-state index contributed by atoms with van der Waals surface area (Å²) in [5.74, 6) is 0.724. The van der Waals surface area contributed by atoms with Crippen molar-refractivity contribution in [2.24, 2.45) is 5.92 Å². The highest BCUT2D eigenvalue weighted by atomic mass is 16.7. The van der Waals surface area contributed by atoms with Gasteiger partial charge in [0.15, 0.2) is 0 Å². The van der Waals surface area contributed by atoms with Crippen molar-refractivity contribution in [1.29, 1.82) is 0 Å². The molecule has 3 atom stereocenters. The minimum Gasteiger partial charge on any atom is -0.444 e. The number of likely N-dealkylation sites (tertiary alicyclic amines) is 1. The van der Waals surface area contributed by atoms with Crippen LogP contribution in [0.4, 0.5) is 4.79 Å². The van der Waals surface area contributed by atoms with Crippen LogP contribution in [0.2, 0.25) is 0 Å². The SMILES string of the molecule is CC(=O)n1c([C@@H]2[C@H]3CCC(C3)N2C(=O)OC(C)(C)C)nc2ccc(B3OC(C)(C)C(C)(C)O3)cc21. The van der Waals surface area contributed by atoms with Gasteiger partial charge in [0, 0.05) is 13.0 Å². The van der Waals surface area contributed by atoms with Crippen molar-refractivity contribution in [3.63, 3.8) is 0 Å². The molecule has 9 heteroatoms. The van der Waals surface area contributed by atoms with Crippen molar-refractivity contribution in [2.75, 3.05) is 0 Å². The minimum absolute atomic E-state index is 0.111. The molecule has 1 aliphatic carbocycles. The molecule has 3 fully saturated rings. The molecule has 3 aliphatic rings. The largest absolute Gasteiger partial charge is 0.494 e. The zero-order valence-electron chi connectivity index (χ0n) is 22.0. The normalized spacial score (nSPS) is 27.1. The molecule has 0 spiro atoms. The van der Waals surface area contributed by atoms with Gasteiger partial charge < -0.3 is 14.0 Å². The fourth-order valence-electron chi connectivity index (χ4n) is 5.66. The lowest BCUT2D eigenvalue weighted by Crippen LogP contribution is -2.44. The van der Waals surface area contributed by atoms with Gasteiger partial charge in [-0.05, 0) is 91.2 Å². The molecule has 2 aromatic rings. The van der Waals surface area contributed by atoms with Crippen molar-refractivity contribution in [2.45, 2.75) is 104 Å². The zero-order valence-corrected chi connectivity index (χ0v) is 22.0. The number of carbonyl (C=O) groups is 2. The van der Waals surface area contributed by atoms with Crippen LogP contribution in [0.15, 0.2) is 18.2 Å². The van der Waals surface area contributed by atoms with E-state index in [1.807, 2.05) is 71.6 Å². The fraction of sp³-hybridized carbons (Fsp3) is 0.654. The van der Waals surface area contributed by atoms with Crippen LogP contribution >= 0.6 is 0 Å². The summed E-state index contributed by atoms with van der Waals surface area (Å²) < 4.78 is 19.9. The van der Waals surface area contributed by atoms with E-state index in [-0.39, 0.29) is 30.0 Å². The number of hydrogen-bond donors (Lipinski definition) is 0. The number of carbonyl (C=O) groups excluding carboxylic acids is 2. The lowest BCUT2D eigenvalue weighted by atomic mass is 9.79. The summed E-state index contributed by atoms with van der Waals surface area (Å²) in [6.45, 7) is 15.2. The van der Waals surface area contributed by atoms with Crippen LogP contribution in [0.3, 0.4) is 0 Å². The summed E-state index contributed by atoms with van der Waals surface area (Å²) in [6.07, 6.45) is 2.53. The number of piperidine rings is 1. The Morgan fingerprint density at radius 2 is 1.77 bits per heavy atom. The van der Waals surface area contributed by atoms with E-state index in [0.29, 0.717) is 16.9 Å². The average molecular weight is 481 g/mol. The van der Waals surface area contributed by atoms with Crippen LogP contribution in [0, 0.1) is 5.92 Å². The van der Waals surface area contributed by atoms with E-state index in [2.05, 4.69) is 0 Å². The number of hydrogen-bond acceptors (Lipinski definition) is 6. The van der Waals surface area contributed by atoms with Crippen LogP contribution < -0.4 is 5.46 Å². The Morgan fingerprint density at radius 1 is 1.11 bits per heavy atom. The Bertz CT molecular complexity index is 1180. The van der Waals surface area contributed by atoms with Crippen LogP contribution in [0.1, 0.15) is 91.3 Å². The first-order chi connectivity index (χ1) is 16.2. The Kier molecular flexibility index (Phi) is 5.42. The molecule has 2 aliphatic heterocycles. The number of rotatable bonds is 2. The first-order valence-electron chi connectivity index (χ1n) is 12.6. The smallest absolute Gasteiger partial charge is 0.444 e. The van der Waals surface area contributed by atoms with Gasteiger partial charge in [-0.1, -0.05) is 6.07 Å². The van der Waals surface area contributed by atoms with Gasteiger partial charge in [-0.2, -0.15) is 0 Å². The molecule has 3 heterocycles. The van der Waals surface area contributed by atoms with E-state index < -0.39 is 23.9 Å². The van der Waals surface area contributed by atoms with E-state index in [1.54, 1.807) is 4.57 Å². The van der Waals surface area contributed by atoms with Gasteiger partial charge in [0.2, 0.25) is 5.91 Å². The van der Waals surface area contributed by atoms with Gasteiger partial charge in [-0.15, -0.1) is 0 Å². The zero-order chi connectivity index (χ0) is 25.5. The number of imidazole rings is 1. The molecule has 1 unspecified atom stereocenters. The molecular weight excluding hydrogens is 445 g/mol. The molecular formula is C26H36BN3O5. The molecule has 1 aromatic heterocycles. The van der Waals surface area contributed by atoms with Gasteiger partial charge in [0.25, 0.3) is 0 Å². The Morgan fingerprint density at radius 3 is 2.37 bits per heavy atom. The molecule has 0 N–H and O–H groups in total. The highest BCUT2D eigenvalue weighted by Gasteiger charge is 2.53. The third-order valence-corrected chi connectivity index (χ3v) is 8.00. The summed E-state index contributed by atoms with van der Waals surface area (Å²) in [7, 11) is -0.538. The van der Waals surface area contributed by atoms with Crippen molar-refractivity contribution >= 4 is 35.6 Å². The Labute approximate surface area is 207 Å². The Balaban J connectivity index is 1.56. The van der Waals surface area contributed by atoms with Gasteiger partial charge >= 0.3 is 13.2 Å². The van der Waals surface area contributed by atoms with Gasteiger partial charge in [0.05, 0.1) is 28.3 Å². The maximum Gasteiger partial charge on any atom is 0.494 e.